The van der Waals surface area contributed by atoms with Gasteiger partial charge in [0.25, 0.3) is 5.91 Å². The van der Waals surface area contributed by atoms with Crippen molar-refractivity contribution in [2.45, 2.75) is 11.8 Å². The van der Waals surface area contributed by atoms with E-state index in [4.69, 9.17) is 4.42 Å². The van der Waals surface area contributed by atoms with Crippen LogP contribution in [-0.2, 0) is 15.6 Å². The Balaban J connectivity index is 1.83. The van der Waals surface area contributed by atoms with Crippen molar-refractivity contribution in [2.75, 3.05) is 13.3 Å². The van der Waals surface area contributed by atoms with Gasteiger partial charge in [0.05, 0.1) is 17.5 Å². The standard InChI is InChI=1S/C24H22N2O4S/c1-26(22(17-10-4-3-5-11-17)20-13-8-9-15-25-20)24(27)23-19(16-31(2,28)29)18-12-6-7-14-21(18)30-23/h3-15,22H,16H2,1-2H3. The van der Waals surface area contributed by atoms with Crippen LogP contribution in [-0.4, -0.2) is 37.5 Å². The molecule has 2 aromatic heterocycles. The zero-order valence-electron chi connectivity index (χ0n) is 17.2. The van der Waals surface area contributed by atoms with Gasteiger partial charge in [-0.15, -0.1) is 0 Å². The van der Waals surface area contributed by atoms with Crippen LogP contribution in [0.15, 0.2) is 83.4 Å². The number of carbonyl (C=O) groups is 1. The van der Waals surface area contributed by atoms with Gasteiger partial charge in [0.15, 0.2) is 15.6 Å². The van der Waals surface area contributed by atoms with E-state index in [0.29, 0.717) is 22.2 Å². The van der Waals surface area contributed by atoms with E-state index >= 15 is 0 Å². The Kier molecular flexibility index (Phi) is 5.61. The maximum atomic E-state index is 13.6. The molecule has 0 aliphatic carbocycles. The number of hydrogen-bond donors (Lipinski definition) is 0. The molecule has 0 saturated heterocycles. The summed E-state index contributed by atoms with van der Waals surface area (Å²) in [6, 6.07) is 21.7. The topological polar surface area (TPSA) is 80.5 Å². The largest absolute Gasteiger partial charge is 0.451 e. The van der Waals surface area contributed by atoms with Gasteiger partial charge >= 0.3 is 0 Å². The Labute approximate surface area is 181 Å². The van der Waals surface area contributed by atoms with Crippen molar-refractivity contribution in [3.8, 4) is 0 Å². The normalized spacial score (nSPS) is 12.6. The van der Waals surface area contributed by atoms with Crippen molar-refractivity contribution >= 4 is 26.7 Å². The zero-order chi connectivity index (χ0) is 22.0. The van der Waals surface area contributed by atoms with Crippen LogP contribution in [0, 0.1) is 0 Å². The predicted molar refractivity (Wildman–Crippen MR) is 119 cm³/mol. The van der Waals surface area contributed by atoms with E-state index in [1.807, 2.05) is 48.5 Å². The second-order valence-electron chi connectivity index (χ2n) is 7.46. The molecule has 0 aliphatic rings. The second-order valence-corrected chi connectivity index (χ2v) is 9.60. The number of carbonyl (C=O) groups excluding carboxylic acids is 1. The summed E-state index contributed by atoms with van der Waals surface area (Å²) in [5.41, 5.74) is 2.44. The molecule has 0 bridgehead atoms. The van der Waals surface area contributed by atoms with E-state index in [-0.39, 0.29) is 11.5 Å². The first-order valence-electron chi connectivity index (χ1n) is 9.76. The van der Waals surface area contributed by atoms with E-state index < -0.39 is 21.8 Å². The van der Waals surface area contributed by atoms with Crippen LogP contribution < -0.4 is 0 Å². The van der Waals surface area contributed by atoms with Crippen LogP contribution >= 0.6 is 0 Å². The molecule has 0 N–H and O–H groups in total. The van der Waals surface area contributed by atoms with Gasteiger partial charge in [-0.05, 0) is 23.8 Å². The van der Waals surface area contributed by atoms with Crippen molar-refractivity contribution in [3.63, 3.8) is 0 Å². The molecule has 2 aromatic carbocycles. The fraction of sp³-hybridized carbons (Fsp3) is 0.167. The van der Waals surface area contributed by atoms with Crippen molar-refractivity contribution in [1.82, 2.24) is 9.88 Å². The molecule has 7 heteroatoms. The van der Waals surface area contributed by atoms with Gasteiger partial charge in [0.1, 0.15) is 5.58 Å². The highest BCUT2D eigenvalue weighted by atomic mass is 32.2. The van der Waals surface area contributed by atoms with Crippen LogP contribution in [0.2, 0.25) is 0 Å². The third-order valence-corrected chi connectivity index (χ3v) is 5.90. The summed E-state index contributed by atoms with van der Waals surface area (Å²) in [5, 5.41) is 0.624. The number of hydrogen-bond acceptors (Lipinski definition) is 5. The highest BCUT2D eigenvalue weighted by molar-refractivity contribution is 7.89. The number of rotatable bonds is 6. The molecule has 6 nitrogen and oxygen atoms in total. The number of para-hydroxylation sites is 1. The summed E-state index contributed by atoms with van der Waals surface area (Å²) in [6.07, 6.45) is 2.83. The monoisotopic (exact) mass is 434 g/mol. The van der Waals surface area contributed by atoms with Crippen LogP contribution in [0.25, 0.3) is 11.0 Å². The maximum absolute atomic E-state index is 13.6. The van der Waals surface area contributed by atoms with Gasteiger partial charge < -0.3 is 9.32 Å². The summed E-state index contributed by atoms with van der Waals surface area (Å²) in [6.45, 7) is 0. The molecule has 0 spiro atoms. The summed E-state index contributed by atoms with van der Waals surface area (Å²) in [4.78, 5) is 19.6. The average Bonchev–Trinajstić information content (AvgIpc) is 3.12. The Bertz CT molecular complexity index is 1280. The lowest BCUT2D eigenvalue weighted by Crippen LogP contribution is -2.33. The average molecular weight is 435 g/mol. The highest BCUT2D eigenvalue weighted by Crippen LogP contribution is 2.32. The van der Waals surface area contributed by atoms with Crippen LogP contribution in [0.1, 0.15) is 33.4 Å². The number of amides is 1. The number of fused-ring (bicyclic) bond motifs is 1. The molecule has 4 aromatic rings. The second kappa shape index (κ2) is 8.35. The minimum absolute atomic E-state index is 0.0333. The number of pyridine rings is 1. The minimum atomic E-state index is -3.39. The Hall–Kier alpha value is -3.45. The fourth-order valence-electron chi connectivity index (χ4n) is 3.72. The molecule has 1 unspecified atom stereocenters. The molecule has 0 aliphatic heterocycles. The quantitative estimate of drug-likeness (QED) is 0.454. The summed E-state index contributed by atoms with van der Waals surface area (Å²) in [7, 11) is -1.72. The van der Waals surface area contributed by atoms with E-state index in [1.54, 1.807) is 42.4 Å². The number of nitrogens with zero attached hydrogens (tertiary/aromatic N) is 2. The first-order chi connectivity index (χ1) is 14.8. The molecule has 0 saturated carbocycles. The van der Waals surface area contributed by atoms with E-state index in [0.717, 1.165) is 11.8 Å². The zero-order valence-corrected chi connectivity index (χ0v) is 18.0. The lowest BCUT2D eigenvalue weighted by molar-refractivity contribution is 0.0722. The predicted octanol–water partition coefficient (Wildman–Crippen LogP) is 4.23. The molecular weight excluding hydrogens is 412 g/mol. The van der Waals surface area contributed by atoms with E-state index in [9.17, 15) is 13.2 Å². The van der Waals surface area contributed by atoms with Gasteiger partial charge in [-0.25, -0.2) is 8.42 Å². The number of furan rings is 1. The molecule has 1 amide bonds. The summed E-state index contributed by atoms with van der Waals surface area (Å²) >= 11 is 0. The van der Waals surface area contributed by atoms with Crippen molar-refractivity contribution in [2.24, 2.45) is 0 Å². The fourth-order valence-corrected chi connectivity index (χ4v) is 4.53. The number of sulfone groups is 1. The van der Waals surface area contributed by atoms with Crippen LogP contribution in [0.3, 0.4) is 0 Å². The summed E-state index contributed by atoms with van der Waals surface area (Å²) < 4.78 is 30.0. The molecule has 31 heavy (non-hydrogen) atoms. The van der Waals surface area contributed by atoms with Crippen LogP contribution in [0.4, 0.5) is 0 Å². The van der Waals surface area contributed by atoms with Gasteiger partial charge in [0, 0.05) is 30.4 Å². The third-order valence-electron chi connectivity index (χ3n) is 5.09. The first-order valence-corrected chi connectivity index (χ1v) is 11.8. The van der Waals surface area contributed by atoms with E-state index in [2.05, 4.69) is 4.98 Å². The lowest BCUT2D eigenvalue weighted by atomic mass is 10.0. The minimum Gasteiger partial charge on any atom is -0.451 e. The smallest absolute Gasteiger partial charge is 0.290 e. The maximum Gasteiger partial charge on any atom is 0.290 e. The van der Waals surface area contributed by atoms with Gasteiger partial charge in [-0.3, -0.25) is 9.78 Å². The highest BCUT2D eigenvalue weighted by Gasteiger charge is 2.31. The summed E-state index contributed by atoms with van der Waals surface area (Å²) in [5.74, 6) is -0.654. The number of benzene rings is 2. The molecular formula is C24H22N2O4S. The molecule has 4 rings (SSSR count). The molecule has 0 fully saturated rings. The first kappa shape index (κ1) is 20.8. The molecule has 158 valence electrons. The van der Waals surface area contributed by atoms with Crippen molar-refractivity contribution in [3.05, 3.63) is 102 Å². The third kappa shape index (κ3) is 4.36. The van der Waals surface area contributed by atoms with Crippen molar-refractivity contribution in [1.29, 1.82) is 0 Å². The Morgan fingerprint density at radius 2 is 1.68 bits per heavy atom. The van der Waals surface area contributed by atoms with Gasteiger partial charge in [-0.2, -0.15) is 0 Å². The lowest BCUT2D eigenvalue weighted by Gasteiger charge is -2.28. The van der Waals surface area contributed by atoms with Crippen LogP contribution in [0.5, 0.6) is 0 Å². The van der Waals surface area contributed by atoms with Gasteiger partial charge in [-0.1, -0.05) is 54.6 Å². The molecule has 2 heterocycles. The molecule has 0 radical (unpaired) electrons. The van der Waals surface area contributed by atoms with Gasteiger partial charge in [0.2, 0.25) is 0 Å². The van der Waals surface area contributed by atoms with Crippen molar-refractivity contribution < 1.29 is 17.6 Å². The Morgan fingerprint density at radius 1 is 1.00 bits per heavy atom. The Morgan fingerprint density at radius 3 is 2.35 bits per heavy atom. The SMILES string of the molecule is CN(C(=O)c1oc2ccccc2c1CS(C)(=O)=O)C(c1ccccc1)c1ccccn1. The van der Waals surface area contributed by atoms with E-state index in [1.165, 1.54) is 0 Å². The number of aromatic nitrogens is 1. The molecule has 1 atom stereocenters.